The lowest BCUT2D eigenvalue weighted by molar-refractivity contribution is 0.160. The highest BCUT2D eigenvalue weighted by atomic mass is 35.5. The minimum absolute atomic E-state index is 0.425. The molecule has 0 radical (unpaired) electrons. The monoisotopic (exact) mass is 311 g/mol. The number of nitrogens with one attached hydrogen (secondary N) is 1. The zero-order valence-corrected chi connectivity index (χ0v) is 14.9. The standard InChI is InChI=1S/C17H30ClN3/c1-12(2)11-17(8-6-7-9-17)15(19-4)10-14-13(3)20-21(5)16(14)18/h12,15,19H,6-11H2,1-5H3. The summed E-state index contributed by atoms with van der Waals surface area (Å²) in [7, 11) is 4.03. The molecule has 1 aromatic rings. The molecule has 2 rings (SSSR count). The summed E-state index contributed by atoms with van der Waals surface area (Å²) >= 11 is 6.45. The molecule has 1 N–H and O–H groups in total. The maximum atomic E-state index is 6.45. The second kappa shape index (κ2) is 6.70. The summed E-state index contributed by atoms with van der Waals surface area (Å²) in [5.41, 5.74) is 2.71. The van der Waals surface area contributed by atoms with Gasteiger partial charge < -0.3 is 5.32 Å². The van der Waals surface area contributed by atoms with Gasteiger partial charge in [-0.15, -0.1) is 0 Å². The van der Waals surface area contributed by atoms with Gasteiger partial charge in [-0.05, 0) is 51.0 Å². The number of aryl methyl sites for hydroxylation is 2. The Morgan fingerprint density at radius 3 is 2.38 bits per heavy atom. The van der Waals surface area contributed by atoms with Gasteiger partial charge in [-0.3, -0.25) is 4.68 Å². The Bertz CT molecular complexity index is 473. The number of nitrogens with zero attached hydrogens (tertiary/aromatic N) is 2. The Morgan fingerprint density at radius 1 is 1.33 bits per heavy atom. The predicted molar refractivity (Wildman–Crippen MR) is 89.9 cm³/mol. The molecule has 1 aliphatic carbocycles. The van der Waals surface area contributed by atoms with Crippen LogP contribution in [-0.4, -0.2) is 22.9 Å². The minimum Gasteiger partial charge on any atom is -0.316 e. The van der Waals surface area contributed by atoms with E-state index in [0.717, 1.165) is 23.2 Å². The largest absolute Gasteiger partial charge is 0.316 e. The van der Waals surface area contributed by atoms with Gasteiger partial charge in [0.05, 0.1) is 5.69 Å². The maximum Gasteiger partial charge on any atom is 0.130 e. The van der Waals surface area contributed by atoms with Gasteiger partial charge in [-0.1, -0.05) is 38.3 Å². The van der Waals surface area contributed by atoms with Gasteiger partial charge in [0.25, 0.3) is 0 Å². The summed E-state index contributed by atoms with van der Waals surface area (Å²) in [6.07, 6.45) is 7.70. The molecule has 1 atom stereocenters. The van der Waals surface area contributed by atoms with E-state index in [1.807, 2.05) is 7.05 Å². The van der Waals surface area contributed by atoms with Crippen LogP contribution in [0, 0.1) is 18.3 Å². The van der Waals surface area contributed by atoms with Crippen molar-refractivity contribution in [1.82, 2.24) is 15.1 Å². The van der Waals surface area contributed by atoms with Crippen molar-refractivity contribution in [2.24, 2.45) is 18.4 Å². The van der Waals surface area contributed by atoms with Crippen LogP contribution in [0.4, 0.5) is 0 Å². The number of aromatic nitrogens is 2. The van der Waals surface area contributed by atoms with E-state index in [1.54, 1.807) is 4.68 Å². The van der Waals surface area contributed by atoms with Crippen molar-refractivity contribution < 1.29 is 0 Å². The summed E-state index contributed by atoms with van der Waals surface area (Å²) < 4.78 is 1.79. The summed E-state index contributed by atoms with van der Waals surface area (Å²) in [6, 6.07) is 0.489. The van der Waals surface area contributed by atoms with Crippen molar-refractivity contribution >= 4 is 11.6 Å². The molecule has 21 heavy (non-hydrogen) atoms. The average molecular weight is 312 g/mol. The lowest BCUT2D eigenvalue weighted by Gasteiger charge is -2.39. The third-order valence-corrected chi connectivity index (χ3v) is 5.65. The fourth-order valence-electron chi connectivity index (χ4n) is 4.32. The molecule has 120 valence electrons. The van der Waals surface area contributed by atoms with E-state index >= 15 is 0 Å². The van der Waals surface area contributed by atoms with E-state index in [-0.39, 0.29) is 0 Å². The third-order valence-electron chi connectivity index (χ3n) is 5.18. The molecule has 0 amide bonds. The van der Waals surface area contributed by atoms with Crippen molar-refractivity contribution in [2.45, 2.75) is 65.3 Å². The lowest BCUT2D eigenvalue weighted by Crippen LogP contribution is -2.44. The summed E-state index contributed by atoms with van der Waals surface area (Å²) in [6.45, 7) is 6.75. The lowest BCUT2D eigenvalue weighted by atomic mass is 9.71. The van der Waals surface area contributed by atoms with Crippen LogP contribution in [0.25, 0.3) is 0 Å². The van der Waals surface area contributed by atoms with E-state index in [1.165, 1.54) is 37.7 Å². The van der Waals surface area contributed by atoms with Gasteiger partial charge in [-0.25, -0.2) is 0 Å². The van der Waals surface area contributed by atoms with Gasteiger partial charge in [0.1, 0.15) is 5.15 Å². The Balaban J connectivity index is 2.25. The topological polar surface area (TPSA) is 29.9 Å². The molecule has 1 fully saturated rings. The summed E-state index contributed by atoms with van der Waals surface area (Å²) in [4.78, 5) is 0. The zero-order valence-electron chi connectivity index (χ0n) is 14.2. The van der Waals surface area contributed by atoms with Crippen molar-refractivity contribution in [3.8, 4) is 0 Å². The van der Waals surface area contributed by atoms with Crippen LogP contribution in [-0.2, 0) is 13.5 Å². The Kier molecular flexibility index (Phi) is 5.37. The van der Waals surface area contributed by atoms with Crippen molar-refractivity contribution in [2.75, 3.05) is 7.05 Å². The average Bonchev–Trinajstić information content (AvgIpc) is 2.95. The summed E-state index contributed by atoms with van der Waals surface area (Å²) in [5.74, 6) is 0.740. The highest BCUT2D eigenvalue weighted by Crippen LogP contribution is 2.47. The Morgan fingerprint density at radius 2 is 1.95 bits per heavy atom. The second-order valence-corrected chi connectivity index (χ2v) is 7.55. The number of likely N-dealkylation sites (N-methyl/N-ethyl adjacent to an activating group) is 1. The van der Waals surface area contributed by atoms with E-state index in [2.05, 4.69) is 38.2 Å². The van der Waals surface area contributed by atoms with Crippen molar-refractivity contribution in [1.29, 1.82) is 0 Å². The maximum absolute atomic E-state index is 6.45. The smallest absolute Gasteiger partial charge is 0.130 e. The molecule has 1 unspecified atom stereocenters. The molecule has 3 nitrogen and oxygen atoms in total. The number of rotatable bonds is 6. The first-order valence-corrected chi connectivity index (χ1v) is 8.62. The summed E-state index contributed by atoms with van der Waals surface area (Å²) in [5, 5.41) is 8.87. The van der Waals surface area contributed by atoms with Crippen LogP contribution in [0.15, 0.2) is 0 Å². The SMILES string of the molecule is CNC(Cc1c(C)nn(C)c1Cl)C1(CC(C)C)CCCC1. The number of hydrogen-bond donors (Lipinski definition) is 1. The molecule has 0 aliphatic heterocycles. The Hall–Kier alpha value is -0.540. The predicted octanol–water partition coefficient (Wildman–Crippen LogP) is 4.12. The van der Waals surface area contributed by atoms with Gasteiger partial charge in [0.2, 0.25) is 0 Å². The van der Waals surface area contributed by atoms with Crippen molar-refractivity contribution in [3.63, 3.8) is 0 Å². The van der Waals surface area contributed by atoms with E-state index in [0.29, 0.717) is 11.5 Å². The van der Waals surface area contributed by atoms with Gasteiger partial charge in [0.15, 0.2) is 0 Å². The molecule has 0 bridgehead atoms. The van der Waals surface area contributed by atoms with Crippen LogP contribution < -0.4 is 5.32 Å². The molecular weight excluding hydrogens is 282 g/mol. The molecular formula is C17H30ClN3. The minimum atomic E-state index is 0.425. The normalized spacial score (nSPS) is 19.4. The van der Waals surface area contributed by atoms with Crippen LogP contribution in [0.5, 0.6) is 0 Å². The van der Waals surface area contributed by atoms with E-state index < -0.39 is 0 Å². The van der Waals surface area contributed by atoms with Crippen LogP contribution in [0.3, 0.4) is 0 Å². The molecule has 1 aliphatic rings. The second-order valence-electron chi connectivity index (χ2n) is 7.19. The van der Waals surface area contributed by atoms with Gasteiger partial charge >= 0.3 is 0 Å². The highest BCUT2D eigenvalue weighted by Gasteiger charge is 2.41. The first kappa shape index (κ1) is 16.8. The van der Waals surface area contributed by atoms with E-state index in [4.69, 9.17) is 11.6 Å². The number of hydrogen-bond acceptors (Lipinski definition) is 2. The number of halogens is 1. The quantitative estimate of drug-likeness (QED) is 0.856. The van der Waals surface area contributed by atoms with Crippen LogP contribution in [0.1, 0.15) is 57.2 Å². The van der Waals surface area contributed by atoms with Crippen molar-refractivity contribution in [3.05, 3.63) is 16.4 Å². The van der Waals surface area contributed by atoms with E-state index in [9.17, 15) is 0 Å². The zero-order chi connectivity index (χ0) is 15.6. The van der Waals surface area contributed by atoms with Crippen LogP contribution in [0.2, 0.25) is 5.15 Å². The third kappa shape index (κ3) is 3.45. The fourth-order valence-corrected chi connectivity index (χ4v) is 4.57. The molecule has 0 aromatic carbocycles. The first-order chi connectivity index (χ1) is 9.89. The molecule has 4 heteroatoms. The van der Waals surface area contributed by atoms with Crippen LogP contribution >= 0.6 is 11.6 Å². The molecule has 1 saturated carbocycles. The molecule has 1 aromatic heterocycles. The highest BCUT2D eigenvalue weighted by molar-refractivity contribution is 6.30. The molecule has 0 spiro atoms. The van der Waals surface area contributed by atoms with Gasteiger partial charge in [0, 0.05) is 18.7 Å². The molecule has 0 saturated heterocycles. The van der Waals surface area contributed by atoms with Gasteiger partial charge in [-0.2, -0.15) is 5.10 Å². The molecule has 1 heterocycles. The Labute approximate surface area is 134 Å². The first-order valence-electron chi connectivity index (χ1n) is 8.25. The fraction of sp³-hybridized carbons (Fsp3) is 0.824.